The van der Waals surface area contributed by atoms with Gasteiger partial charge in [0.25, 0.3) is 5.91 Å². The van der Waals surface area contributed by atoms with E-state index in [1.54, 1.807) is 6.07 Å². The van der Waals surface area contributed by atoms with Gasteiger partial charge in [-0.2, -0.15) is 0 Å². The number of anilines is 1. The van der Waals surface area contributed by atoms with E-state index in [4.69, 9.17) is 4.74 Å². The molecule has 1 aromatic rings. The third-order valence-electron chi connectivity index (χ3n) is 2.57. The number of carbonyl (C=O) groups is 1. The largest absolute Gasteiger partial charge is 0.506 e. The molecule has 4 nitrogen and oxygen atoms in total. The first-order valence-corrected chi connectivity index (χ1v) is 5.18. The molecule has 16 heavy (non-hydrogen) atoms. The maximum Gasteiger partial charge on any atom is 0.262 e. The first-order valence-electron chi connectivity index (χ1n) is 5.18. The van der Waals surface area contributed by atoms with E-state index in [9.17, 15) is 9.90 Å². The summed E-state index contributed by atoms with van der Waals surface area (Å²) in [6, 6.07) is 3.52. The summed E-state index contributed by atoms with van der Waals surface area (Å²) in [5.41, 5.74) is 1.27. The Bertz CT molecular complexity index is 446. The predicted octanol–water partition coefficient (Wildman–Crippen LogP) is 2.02. The summed E-state index contributed by atoms with van der Waals surface area (Å²) in [4.78, 5) is 11.1. The van der Waals surface area contributed by atoms with Gasteiger partial charge in [0.15, 0.2) is 6.61 Å². The lowest BCUT2D eigenvalue weighted by Crippen LogP contribution is -2.26. The van der Waals surface area contributed by atoms with E-state index < -0.39 is 0 Å². The van der Waals surface area contributed by atoms with Gasteiger partial charge in [0.05, 0.1) is 0 Å². The Labute approximate surface area is 94.2 Å². The van der Waals surface area contributed by atoms with E-state index in [0.29, 0.717) is 11.4 Å². The Kier molecular flexibility index (Phi) is 2.30. The fraction of sp³-hybridized carbons (Fsp3) is 0.417. The lowest BCUT2D eigenvalue weighted by atomic mass is 9.86. The fourth-order valence-corrected chi connectivity index (χ4v) is 1.59. The van der Waals surface area contributed by atoms with Crippen molar-refractivity contribution < 1.29 is 14.6 Å². The van der Waals surface area contributed by atoms with Gasteiger partial charge < -0.3 is 15.2 Å². The molecule has 0 saturated heterocycles. The van der Waals surface area contributed by atoms with Crippen molar-refractivity contribution in [2.24, 2.45) is 0 Å². The Hall–Kier alpha value is -1.71. The number of rotatable bonds is 0. The molecule has 4 heteroatoms. The van der Waals surface area contributed by atoms with E-state index in [0.717, 1.165) is 5.56 Å². The van der Waals surface area contributed by atoms with Gasteiger partial charge in [-0.3, -0.25) is 4.79 Å². The molecule has 0 saturated carbocycles. The van der Waals surface area contributed by atoms with Crippen molar-refractivity contribution in [1.82, 2.24) is 0 Å². The number of nitrogens with one attached hydrogen (secondary N) is 1. The van der Waals surface area contributed by atoms with Crippen LogP contribution in [0.1, 0.15) is 26.3 Å². The lowest BCUT2D eigenvalue weighted by molar-refractivity contribution is -0.118. The molecule has 0 atom stereocenters. The van der Waals surface area contributed by atoms with Gasteiger partial charge >= 0.3 is 0 Å². The van der Waals surface area contributed by atoms with Crippen molar-refractivity contribution in [3.63, 3.8) is 0 Å². The molecule has 86 valence electrons. The maximum atomic E-state index is 11.1. The molecule has 0 aromatic heterocycles. The predicted molar refractivity (Wildman–Crippen MR) is 60.9 cm³/mol. The highest BCUT2D eigenvalue weighted by molar-refractivity contribution is 5.97. The zero-order chi connectivity index (χ0) is 11.9. The molecule has 2 N–H and O–H groups in total. The van der Waals surface area contributed by atoms with Crippen LogP contribution in [-0.2, 0) is 10.2 Å². The van der Waals surface area contributed by atoms with E-state index >= 15 is 0 Å². The average molecular weight is 221 g/mol. The van der Waals surface area contributed by atoms with Crippen molar-refractivity contribution in [2.45, 2.75) is 26.2 Å². The standard InChI is InChI=1S/C12H15NO3/c1-12(2,3)7-4-8(14)11-9(5-7)16-6-10(15)13-11/h4-5,14H,6H2,1-3H3,(H,13,15). The third kappa shape index (κ3) is 1.83. The Morgan fingerprint density at radius 3 is 2.69 bits per heavy atom. The van der Waals surface area contributed by atoms with Crippen LogP contribution in [0.25, 0.3) is 0 Å². The van der Waals surface area contributed by atoms with Gasteiger partial charge in [-0.05, 0) is 23.1 Å². The monoisotopic (exact) mass is 221 g/mol. The SMILES string of the molecule is CC(C)(C)c1cc(O)c2c(c1)OCC(=O)N2. The number of hydrogen-bond donors (Lipinski definition) is 2. The molecule has 0 bridgehead atoms. The number of aromatic hydroxyl groups is 1. The van der Waals surface area contributed by atoms with E-state index in [1.165, 1.54) is 0 Å². The van der Waals surface area contributed by atoms with Crippen LogP contribution in [0.4, 0.5) is 5.69 Å². The average Bonchev–Trinajstić information content (AvgIpc) is 2.17. The number of ether oxygens (including phenoxy) is 1. The quantitative estimate of drug-likeness (QED) is 0.659. The molecule has 1 heterocycles. The third-order valence-corrected chi connectivity index (χ3v) is 2.57. The van der Waals surface area contributed by atoms with E-state index in [1.807, 2.05) is 6.07 Å². The van der Waals surface area contributed by atoms with Crippen molar-refractivity contribution in [3.8, 4) is 11.5 Å². The highest BCUT2D eigenvalue weighted by Crippen LogP contribution is 2.40. The molecule has 0 aliphatic carbocycles. The van der Waals surface area contributed by atoms with Gasteiger partial charge in [-0.15, -0.1) is 0 Å². The second kappa shape index (κ2) is 3.40. The van der Waals surface area contributed by atoms with Crippen LogP contribution >= 0.6 is 0 Å². The van der Waals surface area contributed by atoms with Gasteiger partial charge in [0.1, 0.15) is 17.2 Å². The second-order valence-electron chi connectivity index (χ2n) is 4.96. The first-order chi connectivity index (χ1) is 7.38. The molecule has 1 amide bonds. The molecule has 1 aliphatic rings. The zero-order valence-corrected chi connectivity index (χ0v) is 9.63. The van der Waals surface area contributed by atoms with Crippen LogP contribution in [0.15, 0.2) is 12.1 Å². The molecule has 1 aromatic carbocycles. The summed E-state index contributed by atoms with van der Waals surface area (Å²) in [5, 5.41) is 12.4. The molecule has 0 unspecified atom stereocenters. The summed E-state index contributed by atoms with van der Waals surface area (Å²) in [6.45, 7) is 6.15. The number of carbonyl (C=O) groups excluding carboxylic acids is 1. The molecule has 0 spiro atoms. The highest BCUT2D eigenvalue weighted by Gasteiger charge is 2.23. The molecule has 0 fully saturated rings. The van der Waals surface area contributed by atoms with Crippen LogP contribution in [0.3, 0.4) is 0 Å². The summed E-state index contributed by atoms with van der Waals surface area (Å²) >= 11 is 0. The topological polar surface area (TPSA) is 58.6 Å². The Morgan fingerprint density at radius 1 is 1.38 bits per heavy atom. The van der Waals surface area contributed by atoms with Crippen molar-refractivity contribution in [2.75, 3.05) is 11.9 Å². The number of phenols is 1. The molecular formula is C12H15NO3. The summed E-state index contributed by atoms with van der Waals surface area (Å²) in [6.07, 6.45) is 0. The summed E-state index contributed by atoms with van der Waals surface area (Å²) < 4.78 is 5.28. The van der Waals surface area contributed by atoms with Crippen LogP contribution in [0.5, 0.6) is 11.5 Å². The van der Waals surface area contributed by atoms with Crippen molar-refractivity contribution >= 4 is 11.6 Å². The Morgan fingerprint density at radius 2 is 2.06 bits per heavy atom. The summed E-state index contributed by atoms with van der Waals surface area (Å²) in [5.74, 6) is 0.339. The van der Waals surface area contributed by atoms with Crippen molar-refractivity contribution in [3.05, 3.63) is 17.7 Å². The Balaban J connectivity index is 2.51. The van der Waals surface area contributed by atoms with Gasteiger partial charge in [0.2, 0.25) is 0 Å². The molecule has 0 radical (unpaired) electrons. The van der Waals surface area contributed by atoms with Crippen molar-refractivity contribution in [1.29, 1.82) is 0 Å². The lowest BCUT2D eigenvalue weighted by Gasteiger charge is -2.24. The minimum absolute atomic E-state index is 0.0000359. The maximum absolute atomic E-state index is 11.1. The highest BCUT2D eigenvalue weighted by atomic mass is 16.5. The normalized spacial score (nSPS) is 15.1. The number of phenolic OH excluding ortho intramolecular Hbond substituents is 1. The zero-order valence-electron chi connectivity index (χ0n) is 9.63. The second-order valence-corrected chi connectivity index (χ2v) is 4.96. The number of fused-ring (bicyclic) bond motifs is 1. The number of benzene rings is 1. The summed E-state index contributed by atoms with van der Waals surface area (Å²) in [7, 11) is 0. The minimum atomic E-state index is -0.244. The van der Waals surface area contributed by atoms with Gasteiger partial charge in [0, 0.05) is 0 Å². The smallest absolute Gasteiger partial charge is 0.262 e. The van der Waals surface area contributed by atoms with Crippen LogP contribution < -0.4 is 10.1 Å². The minimum Gasteiger partial charge on any atom is -0.506 e. The number of hydrogen-bond acceptors (Lipinski definition) is 3. The molecule has 1 aliphatic heterocycles. The fourth-order valence-electron chi connectivity index (χ4n) is 1.59. The van der Waals surface area contributed by atoms with Crippen LogP contribution in [0.2, 0.25) is 0 Å². The molecular weight excluding hydrogens is 206 g/mol. The van der Waals surface area contributed by atoms with Gasteiger partial charge in [-0.25, -0.2) is 0 Å². The van der Waals surface area contributed by atoms with E-state index in [2.05, 4.69) is 26.1 Å². The number of amides is 1. The molecule has 2 rings (SSSR count). The van der Waals surface area contributed by atoms with Crippen LogP contribution in [0, 0.1) is 0 Å². The van der Waals surface area contributed by atoms with Crippen LogP contribution in [-0.4, -0.2) is 17.6 Å². The first kappa shape index (κ1) is 10.8. The van der Waals surface area contributed by atoms with E-state index in [-0.39, 0.29) is 23.7 Å². The van der Waals surface area contributed by atoms with Gasteiger partial charge in [-0.1, -0.05) is 20.8 Å².